The van der Waals surface area contributed by atoms with Crippen molar-refractivity contribution in [3.8, 4) is 5.75 Å². The van der Waals surface area contributed by atoms with Crippen molar-refractivity contribution in [2.24, 2.45) is 10.9 Å². The van der Waals surface area contributed by atoms with Gasteiger partial charge >= 0.3 is 0 Å². The van der Waals surface area contributed by atoms with Gasteiger partial charge in [0.25, 0.3) is 0 Å². The van der Waals surface area contributed by atoms with Crippen LogP contribution in [0.1, 0.15) is 32.3 Å². The van der Waals surface area contributed by atoms with E-state index in [1.807, 2.05) is 20.8 Å². The van der Waals surface area contributed by atoms with Crippen LogP contribution in [0.3, 0.4) is 0 Å². The molecule has 1 aromatic carbocycles. The Kier molecular flexibility index (Phi) is 6.51. The first-order chi connectivity index (χ1) is 11.8. The van der Waals surface area contributed by atoms with Crippen molar-refractivity contribution in [1.29, 1.82) is 0 Å². The van der Waals surface area contributed by atoms with Gasteiger partial charge in [-0.25, -0.2) is 0 Å². The molecule has 0 aliphatic carbocycles. The van der Waals surface area contributed by atoms with E-state index >= 15 is 0 Å². The molecule has 0 bridgehead atoms. The normalized spacial score (nSPS) is 21.3. The molecule has 0 aromatic heterocycles. The molecule has 0 unspecified atom stereocenters. The Bertz CT molecular complexity index is 676. The number of benzene rings is 1. The van der Waals surface area contributed by atoms with Gasteiger partial charge in [0.1, 0.15) is 15.7 Å². The highest BCUT2D eigenvalue weighted by atomic mass is 32.2. The van der Waals surface area contributed by atoms with Crippen LogP contribution in [0, 0.1) is 16.0 Å². The Hall–Kier alpha value is -1.54. The number of rotatable bonds is 7. The zero-order chi connectivity index (χ0) is 18.6. The first kappa shape index (κ1) is 19.8. The van der Waals surface area contributed by atoms with Crippen LogP contribution in [-0.4, -0.2) is 39.4 Å². The number of carbonyl (C=O) groups excluding carboxylic acids is 1. The van der Waals surface area contributed by atoms with E-state index in [4.69, 9.17) is 9.73 Å². The minimum atomic E-state index is -1.12. The fraction of sp³-hybridized carbons (Fsp3) is 0.529. The quantitative estimate of drug-likeness (QED) is 0.526. The molecule has 1 heterocycles. The molecule has 0 fully saturated rings. The molecular formula is C17H22N2O4S2. The van der Waals surface area contributed by atoms with Crippen molar-refractivity contribution < 1.29 is 14.5 Å². The zero-order valence-electron chi connectivity index (χ0n) is 14.7. The zero-order valence-corrected chi connectivity index (χ0v) is 16.4. The Morgan fingerprint density at radius 2 is 2.00 bits per heavy atom. The van der Waals surface area contributed by atoms with Crippen molar-refractivity contribution in [2.75, 3.05) is 19.4 Å². The molecule has 2 rings (SSSR count). The Labute approximate surface area is 156 Å². The van der Waals surface area contributed by atoms with Crippen molar-refractivity contribution in [3.63, 3.8) is 0 Å². The van der Waals surface area contributed by atoms with Crippen LogP contribution in [0.25, 0.3) is 0 Å². The highest BCUT2D eigenvalue weighted by molar-refractivity contribution is 8.45. The lowest BCUT2D eigenvalue weighted by Gasteiger charge is -2.34. The monoisotopic (exact) mass is 382 g/mol. The van der Waals surface area contributed by atoms with Crippen LogP contribution in [-0.2, 0) is 4.79 Å². The standard InChI is InChI=1S/C17H22N2O4S2/c1-5-24-16-18-17(11(2)3,15(20)25-16)14(10-19(21)22)12-6-8-13(23-4)9-7-12/h6-9,11,14H,5,10H2,1-4H3/t14-,17+/m1/s1. The molecule has 25 heavy (non-hydrogen) atoms. The van der Waals surface area contributed by atoms with Crippen molar-refractivity contribution in [1.82, 2.24) is 0 Å². The molecule has 0 amide bonds. The summed E-state index contributed by atoms with van der Waals surface area (Å²) in [7, 11) is 1.56. The van der Waals surface area contributed by atoms with Crippen LogP contribution in [0.15, 0.2) is 29.3 Å². The number of thioether (sulfide) groups is 2. The molecule has 136 valence electrons. The fourth-order valence-corrected chi connectivity index (χ4v) is 5.26. The number of hydrogen-bond acceptors (Lipinski definition) is 7. The highest BCUT2D eigenvalue weighted by Crippen LogP contribution is 2.48. The van der Waals surface area contributed by atoms with E-state index in [0.717, 1.165) is 23.1 Å². The molecule has 0 N–H and O–H groups in total. The van der Waals surface area contributed by atoms with E-state index in [0.29, 0.717) is 10.1 Å². The van der Waals surface area contributed by atoms with Gasteiger partial charge in [0.05, 0.1) is 13.0 Å². The van der Waals surface area contributed by atoms with E-state index in [-0.39, 0.29) is 22.5 Å². The van der Waals surface area contributed by atoms with E-state index in [9.17, 15) is 14.9 Å². The average molecular weight is 383 g/mol. The molecule has 0 saturated heterocycles. The molecule has 1 aliphatic heterocycles. The summed E-state index contributed by atoms with van der Waals surface area (Å²) in [5, 5.41) is 11.2. The van der Waals surface area contributed by atoms with Gasteiger partial charge in [-0.15, -0.1) is 0 Å². The van der Waals surface area contributed by atoms with Crippen molar-refractivity contribution >= 4 is 33.0 Å². The van der Waals surface area contributed by atoms with Crippen LogP contribution in [0.5, 0.6) is 5.75 Å². The third-order valence-corrected chi connectivity index (χ3v) is 6.32. The van der Waals surface area contributed by atoms with Gasteiger partial charge in [-0.3, -0.25) is 19.9 Å². The summed E-state index contributed by atoms with van der Waals surface area (Å²) < 4.78 is 5.86. The summed E-state index contributed by atoms with van der Waals surface area (Å²) in [6.45, 7) is 5.45. The number of nitro groups is 1. The Balaban J connectivity index is 2.55. The predicted molar refractivity (Wildman–Crippen MR) is 103 cm³/mol. The smallest absolute Gasteiger partial charge is 0.224 e. The highest BCUT2D eigenvalue weighted by Gasteiger charge is 2.55. The maximum atomic E-state index is 12.9. The Morgan fingerprint density at radius 1 is 1.36 bits per heavy atom. The minimum absolute atomic E-state index is 0.110. The first-order valence-corrected chi connectivity index (χ1v) is 9.86. The summed E-state index contributed by atoms with van der Waals surface area (Å²) in [6, 6.07) is 7.09. The first-order valence-electron chi connectivity index (χ1n) is 8.05. The van der Waals surface area contributed by atoms with Gasteiger partial charge in [-0.2, -0.15) is 0 Å². The van der Waals surface area contributed by atoms with Gasteiger partial charge in [0.15, 0.2) is 0 Å². The van der Waals surface area contributed by atoms with Gasteiger partial charge < -0.3 is 4.74 Å². The topological polar surface area (TPSA) is 81.8 Å². The van der Waals surface area contributed by atoms with Crippen LogP contribution in [0.2, 0.25) is 0 Å². The van der Waals surface area contributed by atoms with Crippen LogP contribution >= 0.6 is 23.5 Å². The molecule has 6 nitrogen and oxygen atoms in total. The summed E-state index contributed by atoms with van der Waals surface area (Å²) in [6.07, 6.45) is 0. The molecule has 0 spiro atoms. The van der Waals surface area contributed by atoms with E-state index < -0.39 is 11.5 Å². The molecule has 0 radical (unpaired) electrons. The number of nitrogens with zero attached hydrogens (tertiary/aromatic N) is 2. The lowest BCUT2D eigenvalue weighted by atomic mass is 9.73. The second kappa shape index (κ2) is 8.23. The second-order valence-electron chi connectivity index (χ2n) is 6.02. The summed E-state index contributed by atoms with van der Waals surface area (Å²) >= 11 is 2.61. The fourth-order valence-electron chi connectivity index (χ4n) is 3.04. The number of ether oxygens (including phenoxy) is 1. The summed E-state index contributed by atoms with van der Waals surface area (Å²) in [5.41, 5.74) is -0.393. The molecule has 1 aliphatic rings. The molecule has 0 saturated carbocycles. The van der Waals surface area contributed by atoms with Crippen LogP contribution in [0.4, 0.5) is 0 Å². The van der Waals surface area contributed by atoms with Crippen molar-refractivity contribution in [3.05, 3.63) is 39.9 Å². The lowest BCUT2D eigenvalue weighted by Crippen LogP contribution is -2.46. The average Bonchev–Trinajstić information content (AvgIpc) is 2.90. The summed E-state index contributed by atoms with van der Waals surface area (Å²) in [4.78, 5) is 28.6. The van der Waals surface area contributed by atoms with Crippen LogP contribution < -0.4 is 4.74 Å². The van der Waals surface area contributed by atoms with Gasteiger partial charge in [-0.05, 0) is 41.1 Å². The maximum absolute atomic E-state index is 12.9. The SMILES string of the molecule is CCSC1=N[C@@](C(C)C)([C@H](C[N+](=O)[O-])c2ccc(OC)cc2)C(=O)S1. The van der Waals surface area contributed by atoms with Gasteiger partial charge in [-0.1, -0.05) is 44.7 Å². The van der Waals surface area contributed by atoms with Crippen molar-refractivity contribution in [2.45, 2.75) is 32.2 Å². The molecular weight excluding hydrogens is 360 g/mol. The predicted octanol–water partition coefficient (Wildman–Crippen LogP) is 3.83. The van der Waals surface area contributed by atoms with E-state index in [1.54, 1.807) is 31.4 Å². The summed E-state index contributed by atoms with van der Waals surface area (Å²) in [5.74, 6) is 0.688. The molecule has 8 heteroatoms. The van der Waals surface area contributed by atoms with E-state index in [2.05, 4.69) is 0 Å². The largest absolute Gasteiger partial charge is 0.497 e. The molecule has 2 atom stereocenters. The second-order valence-corrected chi connectivity index (χ2v) is 8.49. The number of methoxy groups -OCH3 is 1. The Morgan fingerprint density at radius 3 is 2.48 bits per heavy atom. The maximum Gasteiger partial charge on any atom is 0.224 e. The third kappa shape index (κ3) is 4.00. The molecule has 1 aromatic rings. The number of hydrogen-bond donors (Lipinski definition) is 0. The van der Waals surface area contributed by atoms with E-state index in [1.165, 1.54) is 11.8 Å². The van der Waals surface area contributed by atoms with Gasteiger partial charge in [0, 0.05) is 4.92 Å². The third-order valence-electron chi connectivity index (χ3n) is 4.31. The van der Waals surface area contributed by atoms with Gasteiger partial charge in [0.2, 0.25) is 11.7 Å². The number of aliphatic imine (C=N–C) groups is 1. The number of carbonyl (C=O) groups is 1. The minimum Gasteiger partial charge on any atom is -0.497 e. The lowest BCUT2D eigenvalue weighted by molar-refractivity contribution is -0.484.